The van der Waals surface area contributed by atoms with Crippen molar-refractivity contribution in [3.8, 4) is 5.75 Å². The Labute approximate surface area is 123 Å². The lowest BCUT2D eigenvalue weighted by Gasteiger charge is -2.11. The Hall–Kier alpha value is -2.75. The van der Waals surface area contributed by atoms with Crippen molar-refractivity contribution >= 4 is 16.6 Å². The fourth-order valence-electron chi connectivity index (χ4n) is 2.35. The van der Waals surface area contributed by atoms with Crippen molar-refractivity contribution in [2.24, 2.45) is 0 Å². The van der Waals surface area contributed by atoms with Crippen molar-refractivity contribution in [2.75, 3.05) is 5.73 Å². The minimum atomic E-state index is 0.409. The van der Waals surface area contributed by atoms with Gasteiger partial charge in [0.05, 0.1) is 5.39 Å². The highest BCUT2D eigenvalue weighted by Crippen LogP contribution is 2.20. The first-order valence-electron chi connectivity index (χ1n) is 6.74. The van der Waals surface area contributed by atoms with Crippen molar-refractivity contribution < 1.29 is 9.47 Å². The van der Waals surface area contributed by atoms with Crippen LogP contribution in [0.4, 0.5) is 5.69 Å². The molecule has 1 heterocycles. The third kappa shape index (κ3) is 2.60. The lowest BCUT2D eigenvalue weighted by Crippen LogP contribution is -2.31. The van der Waals surface area contributed by atoms with E-state index in [-0.39, 0.29) is 0 Å². The molecule has 4 heteroatoms. The standard InChI is InChI=1S/C17H16N2O2/c1-12-10-13(11-21-15-8-6-14(18)7-9-15)16-4-2-3-5-17(16)19(12)20/h2-10H,11,18H2,1H3. The predicted molar refractivity (Wildman–Crippen MR) is 82.8 cm³/mol. The number of nitrogen functional groups attached to an aromatic ring is 1. The zero-order valence-corrected chi connectivity index (χ0v) is 11.7. The molecule has 0 radical (unpaired) electrons. The van der Waals surface area contributed by atoms with Crippen LogP contribution in [0.3, 0.4) is 0 Å². The Bertz CT molecular complexity index is 783. The molecular formula is C17H16N2O2. The highest BCUT2D eigenvalue weighted by atomic mass is 16.5. The summed E-state index contributed by atoms with van der Waals surface area (Å²) in [7, 11) is 0. The molecule has 2 aromatic carbocycles. The van der Waals surface area contributed by atoms with Crippen LogP contribution in [0.5, 0.6) is 5.75 Å². The highest BCUT2D eigenvalue weighted by molar-refractivity contribution is 5.79. The zero-order valence-electron chi connectivity index (χ0n) is 11.7. The Morgan fingerprint density at radius 1 is 1.10 bits per heavy atom. The number of anilines is 1. The van der Waals surface area contributed by atoms with Crippen LogP contribution < -0.4 is 15.2 Å². The number of nitrogens with two attached hydrogens (primary N) is 1. The average molecular weight is 280 g/mol. The van der Waals surface area contributed by atoms with Gasteiger partial charge in [0.25, 0.3) is 0 Å². The summed E-state index contributed by atoms with van der Waals surface area (Å²) in [5.41, 5.74) is 8.67. The van der Waals surface area contributed by atoms with Crippen LogP contribution in [0.25, 0.3) is 10.9 Å². The lowest BCUT2D eigenvalue weighted by molar-refractivity contribution is -0.584. The van der Waals surface area contributed by atoms with Gasteiger partial charge in [0.15, 0.2) is 5.69 Å². The maximum absolute atomic E-state index is 12.1. The number of ether oxygens (including phenoxy) is 1. The molecule has 0 amide bonds. The first-order valence-corrected chi connectivity index (χ1v) is 6.74. The van der Waals surface area contributed by atoms with E-state index in [0.717, 1.165) is 21.4 Å². The number of para-hydroxylation sites is 1. The second-order valence-corrected chi connectivity index (χ2v) is 4.98. The summed E-state index contributed by atoms with van der Waals surface area (Å²) in [6.07, 6.45) is 0. The summed E-state index contributed by atoms with van der Waals surface area (Å²) in [6, 6.07) is 16.7. The fraction of sp³-hybridized carbons (Fsp3) is 0.118. The maximum Gasteiger partial charge on any atom is 0.224 e. The third-order valence-corrected chi connectivity index (χ3v) is 3.45. The summed E-state index contributed by atoms with van der Waals surface area (Å²) in [5.74, 6) is 0.754. The average Bonchev–Trinajstić information content (AvgIpc) is 2.51. The van der Waals surface area contributed by atoms with Gasteiger partial charge in [-0.2, -0.15) is 4.73 Å². The maximum atomic E-state index is 12.1. The van der Waals surface area contributed by atoms with Crippen molar-refractivity contribution in [1.29, 1.82) is 0 Å². The molecule has 0 aliphatic rings. The number of hydrogen-bond acceptors (Lipinski definition) is 3. The van der Waals surface area contributed by atoms with Crippen molar-refractivity contribution in [3.63, 3.8) is 0 Å². The second kappa shape index (κ2) is 5.32. The summed E-state index contributed by atoms with van der Waals surface area (Å²) < 4.78 is 6.73. The fourth-order valence-corrected chi connectivity index (χ4v) is 2.35. The number of rotatable bonds is 3. The van der Waals surface area contributed by atoms with Gasteiger partial charge in [0.1, 0.15) is 12.4 Å². The molecule has 0 spiro atoms. The van der Waals surface area contributed by atoms with E-state index in [9.17, 15) is 5.21 Å². The molecule has 3 aromatic rings. The van der Waals surface area contributed by atoms with Gasteiger partial charge in [-0.1, -0.05) is 12.1 Å². The van der Waals surface area contributed by atoms with Crippen LogP contribution in [-0.4, -0.2) is 0 Å². The van der Waals surface area contributed by atoms with Crippen LogP contribution in [0.15, 0.2) is 54.6 Å². The summed E-state index contributed by atoms with van der Waals surface area (Å²) in [4.78, 5) is 0. The quantitative estimate of drug-likeness (QED) is 0.456. The van der Waals surface area contributed by atoms with Gasteiger partial charge in [-0.15, -0.1) is 0 Å². The number of hydrogen-bond donors (Lipinski definition) is 1. The second-order valence-electron chi connectivity index (χ2n) is 4.98. The molecule has 0 bridgehead atoms. The van der Waals surface area contributed by atoms with E-state index in [4.69, 9.17) is 10.5 Å². The van der Waals surface area contributed by atoms with Crippen LogP contribution in [-0.2, 0) is 6.61 Å². The van der Waals surface area contributed by atoms with Gasteiger partial charge in [0.2, 0.25) is 5.52 Å². The smallest absolute Gasteiger partial charge is 0.224 e. The van der Waals surface area contributed by atoms with Crippen molar-refractivity contribution in [3.05, 3.63) is 71.1 Å². The number of aromatic nitrogens is 1. The van der Waals surface area contributed by atoms with Crippen molar-refractivity contribution in [1.82, 2.24) is 0 Å². The summed E-state index contributed by atoms with van der Waals surface area (Å²) in [6.45, 7) is 2.21. The predicted octanol–water partition coefficient (Wildman–Crippen LogP) is 2.94. The van der Waals surface area contributed by atoms with Crippen molar-refractivity contribution in [2.45, 2.75) is 13.5 Å². The number of aryl methyl sites for hydroxylation is 1. The minimum absolute atomic E-state index is 0.409. The molecule has 0 atom stereocenters. The van der Waals surface area contributed by atoms with E-state index in [2.05, 4.69) is 0 Å². The molecule has 0 aliphatic carbocycles. The van der Waals surface area contributed by atoms with Crippen LogP contribution in [0.2, 0.25) is 0 Å². The van der Waals surface area contributed by atoms with Gasteiger partial charge < -0.3 is 15.7 Å². The molecule has 4 nitrogen and oxygen atoms in total. The number of pyridine rings is 1. The highest BCUT2D eigenvalue weighted by Gasteiger charge is 2.12. The van der Waals surface area contributed by atoms with E-state index < -0.39 is 0 Å². The van der Waals surface area contributed by atoms with E-state index in [0.29, 0.717) is 23.5 Å². The number of nitrogens with zero attached hydrogens (tertiary/aromatic N) is 1. The first kappa shape index (κ1) is 13.2. The molecule has 0 saturated carbocycles. The molecule has 3 rings (SSSR count). The lowest BCUT2D eigenvalue weighted by atomic mass is 10.1. The van der Waals surface area contributed by atoms with Gasteiger partial charge >= 0.3 is 0 Å². The first-order chi connectivity index (χ1) is 10.1. The van der Waals surface area contributed by atoms with E-state index >= 15 is 0 Å². The molecular weight excluding hydrogens is 264 g/mol. The summed E-state index contributed by atoms with van der Waals surface area (Å²) in [5, 5.41) is 13.0. The molecule has 2 N–H and O–H groups in total. The normalized spacial score (nSPS) is 10.7. The van der Waals surface area contributed by atoms with Crippen LogP contribution in [0, 0.1) is 12.1 Å². The Balaban J connectivity index is 1.93. The van der Waals surface area contributed by atoms with Gasteiger partial charge in [-0.05, 0) is 30.3 Å². The molecule has 106 valence electrons. The Kier molecular flexibility index (Phi) is 3.36. The monoisotopic (exact) mass is 280 g/mol. The van der Waals surface area contributed by atoms with Gasteiger partial charge in [-0.3, -0.25) is 0 Å². The Morgan fingerprint density at radius 2 is 1.81 bits per heavy atom. The van der Waals surface area contributed by atoms with E-state index in [1.54, 1.807) is 19.1 Å². The molecule has 0 aliphatic heterocycles. The topological polar surface area (TPSA) is 62.2 Å². The van der Waals surface area contributed by atoms with Gasteiger partial charge in [-0.25, -0.2) is 0 Å². The molecule has 21 heavy (non-hydrogen) atoms. The number of fused-ring (bicyclic) bond motifs is 1. The third-order valence-electron chi connectivity index (χ3n) is 3.45. The van der Waals surface area contributed by atoms with E-state index in [1.807, 2.05) is 42.5 Å². The molecule has 0 fully saturated rings. The molecule has 0 unspecified atom stereocenters. The van der Waals surface area contributed by atoms with Crippen LogP contribution in [0.1, 0.15) is 11.3 Å². The Morgan fingerprint density at radius 3 is 2.57 bits per heavy atom. The summed E-state index contributed by atoms with van der Waals surface area (Å²) >= 11 is 0. The molecule has 1 aromatic heterocycles. The largest absolute Gasteiger partial charge is 0.618 e. The zero-order chi connectivity index (χ0) is 14.8. The molecule has 0 saturated heterocycles. The minimum Gasteiger partial charge on any atom is -0.618 e. The van der Waals surface area contributed by atoms with Crippen LogP contribution >= 0.6 is 0 Å². The SMILES string of the molecule is Cc1cc(COc2ccc(N)cc2)c2ccccc2[n+]1[O-]. The van der Waals surface area contributed by atoms with Gasteiger partial charge in [0, 0.05) is 30.3 Å². The number of benzene rings is 2. The van der Waals surface area contributed by atoms with E-state index in [1.165, 1.54) is 0 Å².